The number of aromatic carboxylic acids is 1. The fraction of sp³-hybridized carbons (Fsp3) is 0.500. The largest absolute Gasteiger partial charge is 0.478 e. The van der Waals surface area contributed by atoms with Crippen molar-refractivity contribution in [1.82, 2.24) is 10.2 Å². The van der Waals surface area contributed by atoms with Crippen LogP contribution in [0.2, 0.25) is 0 Å². The van der Waals surface area contributed by atoms with E-state index < -0.39 is 5.97 Å². The fourth-order valence-electron chi connectivity index (χ4n) is 2.11. The van der Waals surface area contributed by atoms with Crippen molar-refractivity contribution in [3.8, 4) is 0 Å². The van der Waals surface area contributed by atoms with Crippen molar-refractivity contribution in [2.24, 2.45) is 5.92 Å². The van der Waals surface area contributed by atoms with E-state index >= 15 is 0 Å². The minimum Gasteiger partial charge on any atom is -0.478 e. The Morgan fingerprint density at radius 1 is 1.19 bits per heavy atom. The lowest BCUT2D eigenvalue weighted by molar-refractivity contribution is 0.0697. The van der Waals surface area contributed by atoms with Gasteiger partial charge < -0.3 is 15.3 Å². The number of carbonyl (C=O) groups is 2. The number of rotatable bonds is 6. The normalized spacial score (nSPS) is 12.0. The summed E-state index contributed by atoms with van der Waals surface area (Å²) in [5, 5.41) is 11.7. The van der Waals surface area contributed by atoms with Gasteiger partial charge in [0.2, 0.25) is 0 Å². The minimum atomic E-state index is -0.951. The molecule has 0 spiro atoms. The molecule has 0 saturated heterocycles. The van der Waals surface area contributed by atoms with Crippen LogP contribution in [0.4, 0.5) is 4.79 Å². The summed E-state index contributed by atoms with van der Waals surface area (Å²) in [5.74, 6) is -0.411. The number of benzene rings is 1. The van der Waals surface area contributed by atoms with Crippen molar-refractivity contribution in [3.63, 3.8) is 0 Å². The van der Waals surface area contributed by atoms with Crippen molar-refractivity contribution in [2.75, 3.05) is 7.05 Å². The highest BCUT2D eigenvalue weighted by atomic mass is 16.4. The second-order valence-corrected chi connectivity index (χ2v) is 5.75. The molecular weight excluding hydrogens is 268 g/mol. The third-order valence-electron chi connectivity index (χ3n) is 3.44. The molecule has 0 aliphatic rings. The van der Waals surface area contributed by atoms with E-state index in [1.807, 2.05) is 6.92 Å². The molecule has 1 atom stereocenters. The maximum Gasteiger partial charge on any atom is 0.335 e. The number of carbonyl (C=O) groups excluding carboxylic acids is 1. The zero-order chi connectivity index (χ0) is 16.0. The summed E-state index contributed by atoms with van der Waals surface area (Å²) in [6, 6.07) is 6.55. The molecule has 0 aromatic heterocycles. The lowest BCUT2D eigenvalue weighted by atomic mass is 10.0. The first kappa shape index (κ1) is 17.0. The first-order chi connectivity index (χ1) is 9.81. The van der Waals surface area contributed by atoms with Crippen LogP contribution in [-0.4, -0.2) is 35.1 Å². The first-order valence-corrected chi connectivity index (χ1v) is 7.14. The van der Waals surface area contributed by atoms with Crippen LogP contribution in [0.1, 0.15) is 43.1 Å². The van der Waals surface area contributed by atoms with Crippen molar-refractivity contribution in [2.45, 2.75) is 39.8 Å². The van der Waals surface area contributed by atoms with E-state index in [1.54, 1.807) is 24.1 Å². The van der Waals surface area contributed by atoms with Gasteiger partial charge in [-0.15, -0.1) is 0 Å². The molecule has 5 heteroatoms. The van der Waals surface area contributed by atoms with Gasteiger partial charge in [-0.1, -0.05) is 26.0 Å². The van der Waals surface area contributed by atoms with Crippen LogP contribution in [0, 0.1) is 5.92 Å². The maximum atomic E-state index is 12.0. The molecule has 1 unspecified atom stereocenters. The van der Waals surface area contributed by atoms with Gasteiger partial charge in [0.05, 0.1) is 5.56 Å². The molecule has 2 N–H and O–H groups in total. The third-order valence-corrected chi connectivity index (χ3v) is 3.44. The molecule has 0 radical (unpaired) electrons. The van der Waals surface area contributed by atoms with Gasteiger partial charge in [0.1, 0.15) is 0 Å². The Bertz CT molecular complexity index is 483. The highest BCUT2D eigenvalue weighted by Gasteiger charge is 2.16. The molecule has 1 rings (SSSR count). The molecule has 0 saturated carbocycles. The molecule has 2 amide bonds. The predicted molar refractivity (Wildman–Crippen MR) is 82.3 cm³/mol. The van der Waals surface area contributed by atoms with Gasteiger partial charge in [-0.2, -0.15) is 0 Å². The van der Waals surface area contributed by atoms with Gasteiger partial charge in [-0.3, -0.25) is 0 Å². The molecule has 1 aromatic carbocycles. The zero-order valence-electron chi connectivity index (χ0n) is 13.1. The van der Waals surface area contributed by atoms with Crippen LogP contribution in [0.15, 0.2) is 24.3 Å². The fourth-order valence-corrected chi connectivity index (χ4v) is 2.11. The molecule has 116 valence electrons. The average molecular weight is 292 g/mol. The standard InChI is InChI=1S/C16H24N2O3/c1-11(2)9-12(3)18(4)16(21)17-10-13-5-7-14(8-6-13)15(19)20/h5-8,11-12H,9-10H2,1-4H3,(H,17,21)(H,19,20). The number of amides is 2. The zero-order valence-corrected chi connectivity index (χ0v) is 13.1. The van der Waals surface area contributed by atoms with Crippen molar-refractivity contribution >= 4 is 12.0 Å². The van der Waals surface area contributed by atoms with Gasteiger partial charge in [0, 0.05) is 19.6 Å². The van der Waals surface area contributed by atoms with Crippen molar-refractivity contribution in [1.29, 1.82) is 0 Å². The average Bonchev–Trinajstić information content (AvgIpc) is 2.43. The molecule has 0 heterocycles. The molecule has 0 aliphatic heterocycles. The predicted octanol–water partition coefficient (Wildman–Crippen LogP) is 2.96. The summed E-state index contributed by atoms with van der Waals surface area (Å²) < 4.78 is 0. The van der Waals surface area contributed by atoms with Crippen LogP contribution >= 0.6 is 0 Å². The van der Waals surface area contributed by atoms with Crippen LogP contribution in [0.25, 0.3) is 0 Å². The number of nitrogens with zero attached hydrogens (tertiary/aromatic N) is 1. The first-order valence-electron chi connectivity index (χ1n) is 7.14. The van der Waals surface area contributed by atoms with Crippen molar-refractivity contribution < 1.29 is 14.7 Å². The molecular formula is C16H24N2O3. The highest BCUT2D eigenvalue weighted by Crippen LogP contribution is 2.10. The van der Waals surface area contributed by atoms with Crippen LogP contribution < -0.4 is 5.32 Å². The Morgan fingerprint density at radius 2 is 1.76 bits per heavy atom. The van der Waals surface area contributed by atoms with Crippen molar-refractivity contribution in [3.05, 3.63) is 35.4 Å². The minimum absolute atomic E-state index is 0.120. The number of hydrogen-bond donors (Lipinski definition) is 2. The van der Waals surface area contributed by atoms with E-state index in [2.05, 4.69) is 19.2 Å². The number of urea groups is 1. The summed E-state index contributed by atoms with van der Waals surface area (Å²) in [6.45, 7) is 6.68. The number of carboxylic acids is 1. The Hall–Kier alpha value is -2.04. The Morgan fingerprint density at radius 3 is 2.24 bits per heavy atom. The monoisotopic (exact) mass is 292 g/mol. The SMILES string of the molecule is CC(C)CC(C)N(C)C(=O)NCc1ccc(C(=O)O)cc1. The highest BCUT2D eigenvalue weighted by molar-refractivity contribution is 5.87. The third kappa shape index (κ3) is 5.45. The molecule has 5 nitrogen and oxygen atoms in total. The smallest absolute Gasteiger partial charge is 0.335 e. The van der Waals surface area contributed by atoms with E-state index in [0.29, 0.717) is 12.5 Å². The Balaban J connectivity index is 2.50. The number of nitrogens with one attached hydrogen (secondary N) is 1. The van der Waals surface area contributed by atoms with E-state index in [-0.39, 0.29) is 17.6 Å². The molecule has 21 heavy (non-hydrogen) atoms. The lowest BCUT2D eigenvalue weighted by Gasteiger charge is -2.26. The number of hydrogen-bond acceptors (Lipinski definition) is 2. The van der Waals surface area contributed by atoms with E-state index in [9.17, 15) is 9.59 Å². The summed E-state index contributed by atoms with van der Waals surface area (Å²) in [5.41, 5.74) is 1.12. The van der Waals surface area contributed by atoms with Gasteiger partial charge >= 0.3 is 12.0 Å². The molecule has 0 aliphatic carbocycles. The Kier molecular flexibility index (Phi) is 6.21. The summed E-state index contributed by atoms with van der Waals surface area (Å²) in [4.78, 5) is 24.5. The number of carboxylic acid groups (broad SMARTS) is 1. The quantitative estimate of drug-likeness (QED) is 0.847. The van der Waals surface area contributed by atoms with Gasteiger partial charge in [-0.05, 0) is 37.0 Å². The van der Waals surface area contributed by atoms with Crippen LogP contribution in [0.5, 0.6) is 0 Å². The van der Waals surface area contributed by atoms with E-state index in [0.717, 1.165) is 12.0 Å². The summed E-state index contributed by atoms with van der Waals surface area (Å²) in [6.07, 6.45) is 0.956. The second-order valence-electron chi connectivity index (χ2n) is 5.75. The van der Waals surface area contributed by atoms with Gasteiger partial charge in [0.25, 0.3) is 0 Å². The lowest BCUT2D eigenvalue weighted by Crippen LogP contribution is -2.42. The molecule has 1 aromatic rings. The summed E-state index contributed by atoms with van der Waals surface area (Å²) >= 11 is 0. The molecule has 0 bridgehead atoms. The van der Waals surface area contributed by atoms with E-state index in [4.69, 9.17) is 5.11 Å². The van der Waals surface area contributed by atoms with Gasteiger partial charge in [0.15, 0.2) is 0 Å². The second kappa shape index (κ2) is 7.67. The van der Waals surface area contributed by atoms with E-state index in [1.165, 1.54) is 12.1 Å². The molecule has 0 fully saturated rings. The Labute approximate surface area is 126 Å². The van der Waals surface area contributed by atoms with Crippen LogP contribution in [0.3, 0.4) is 0 Å². The topological polar surface area (TPSA) is 69.6 Å². The maximum absolute atomic E-state index is 12.0. The van der Waals surface area contributed by atoms with Gasteiger partial charge in [-0.25, -0.2) is 9.59 Å². The van der Waals surface area contributed by atoms with Crippen LogP contribution in [-0.2, 0) is 6.54 Å². The summed E-state index contributed by atoms with van der Waals surface area (Å²) in [7, 11) is 1.79.